The third-order valence-electron chi connectivity index (χ3n) is 6.61. The Morgan fingerprint density at radius 1 is 0.946 bits per heavy atom. The second-order valence-corrected chi connectivity index (χ2v) is 8.76. The molecule has 0 amide bonds. The molecule has 0 atom stereocenters. The van der Waals surface area contributed by atoms with Gasteiger partial charge in [-0.2, -0.15) is 0 Å². The van der Waals surface area contributed by atoms with E-state index in [2.05, 4.69) is 15.9 Å². The van der Waals surface area contributed by atoms with E-state index in [1.807, 2.05) is 18.2 Å². The average Bonchev–Trinajstić information content (AvgIpc) is 2.93. The number of anilines is 1. The number of methoxy groups -OCH3 is 2. The highest BCUT2D eigenvalue weighted by Crippen LogP contribution is 2.29. The highest BCUT2D eigenvalue weighted by Gasteiger charge is 2.23. The van der Waals surface area contributed by atoms with Gasteiger partial charge in [-0.3, -0.25) is 24.4 Å². The van der Waals surface area contributed by atoms with E-state index < -0.39 is 4.92 Å². The number of hydrogen-bond donors (Lipinski definition) is 0. The SMILES string of the molecule is COc1cccc(-n2c(CN3CCN(c4ccccc4OC)CC3)nc3ccc([N+](=O)[O-])cc3c2=O)c1. The van der Waals surface area contributed by atoms with Crippen LogP contribution in [-0.2, 0) is 6.54 Å². The van der Waals surface area contributed by atoms with Gasteiger partial charge in [0.25, 0.3) is 11.2 Å². The first-order valence-corrected chi connectivity index (χ1v) is 11.9. The Bertz CT molecular complexity index is 1510. The minimum Gasteiger partial charge on any atom is -0.497 e. The van der Waals surface area contributed by atoms with Gasteiger partial charge < -0.3 is 14.4 Å². The van der Waals surface area contributed by atoms with Gasteiger partial charge in [0.1, 0.15) is 17.3 Å². The van der Waals surface area contributed by atoms with Crippen LogP contribution >= 0.6 is 0 Å². The van der Waals surface area contributed by atoms with E-state index in [-0.39, 0.29) is 16.6 Å². The van der Waals surface area contributed by atoms with E-state index in [1.165, 1.54) is 22.8 Å². The molecule has 3 aromatic carbocycles. The van der Waals surface area contributed by atoms with E-state index >= 15 is 0 Å². The Morgan fingerprint density at radius 2 is 1.73 bits per heavy atom. The summed E-state index contributed by atoms with van der Waals surface area (Å²) in [6.45, 7) is 3.57. The number of hydrogen-bond acceptors (Lipinski definition) is 8. The zero-order chi connectivity index (χ0) is 25.9. The fourth-order valence-electron chi connectivity index (χ4n) is 4.69. The maximum atomic E-state index is 13.7. The van der Waals surface area contributed by atoms with E-state index in [0.29, 0.717) is 29.3 Å². The predicted molar refractivity (Wildman–Crippen MR) is 141 cm³/mol. The van der Waals surface area contributed by atoms with Crippen LogP contribution in [0.3, 0.4) is 0 Å². The topological polar surface area (TPSA) is 103 Å². The van der Waals surface area contributed by atoms with Crippen LogP contribution in [0, 0.1) is 10.1 Å². The molecular weight excluding hydrogens is 474 g/mol. The molecule has 1 aliphatic heterocycles. The third kappa shape index (κ3) is 4.83. The minimum absolute atomic E-state index is 0.149. The molecule has 190 valence electrons. The molecular formula is C27H27N5O5. The summed E-state index contributed by atoms with van der Waals surface area (Å²) in [5.74, 6) is 2.00. The van der Waals surface area contributed by atoms with E-state index in [9.17, 15) is 14.9 Å². The van der Waals surface area contributed by atoms with Gasteiger partial charge in [0.05, 0.1) is 48.0 Å². The molecule has 1 aromatic heterocycles. The summed E-state index contributed by atoms with van der Waals surface area (Å²) in [5.41, 5.74) is 1.57. The average molecular weight is 502 g/mol. The lowest BCUT2D eigenvalue weighted by Gasteiger charge is -2.36. The Kier molecular flexibility index (Phi) is 6.74. The monoisotopic (exact) mass is 501 g/mol. The smallest absolute Gasteiger partial charge is 0.270 e. The molecule has 2 heterocycles. The van der Waals surface area contributed by atoms with Crippen molar-refractivity contribution in [3.05, 3.63) is 93.0 Å². The molecule has 0 saturated carbocycles. The minimum atomic E-state index is -0.510. The lowest BCUT2D eigenvalue weighted by molar-refractivity contribution is -0.384. The van der Waals surface area contributed by atoms with Crippen LogP contribution in [0.5, 0.6) is 11.5 Å². The number of para-hydroxylation sites is 2. The van der Waals surface area contributed by atoms with Crippen LogP contribution in [0.15, 0.2) is 71.5 Å². The number of nitro groups is 1. The molecule has 10 heteroatoms. The van der Waals surface area contributed by atoms with E-state index in [4.69, 9.17) is 14.5 Å². The van der Waals surface area contributed by atoms with Gasteiger partial charge in [0, 0.05) is 44.4 Å². The lowest BCUT2D eigenvalue weighted by atomic mass is 10.2. The van der Waals surface area contributed by atoms with Gasteiger partial charge in [-0.25, -0.2) is 4.98 Å². The molecule has 0 radical (unpaired) electrons. The number of piperazine rings is 1. The number of ether oxygens (including phenoxy) is 2. The first kappa shape index (κ1) is 24.3. The van der Waals surface area contributed by atoms with Crippen molar-refractivity contribution in [1.29, 1.82) is 0 Å². The molecule has 10 nitrogen and oxygen atoms in total. The first-order chi connectivity index (χ1) is 18.0. The molecule has 1 saturated heterocycles. The quantitative estimate of drug-likeness (QED) is 0.279. The molecule has 1 aliphatic rings. The van der Waals surface area contributed by atoms with Crippen molar-refractivity contribution in [2.45, 2.75) is 6.54 Å². The molecule has 0 aliphatic carbocycles. The second-order valence-electron chi connectivity index (χ2n) is 8.76. The van der Waals surface area contributed by atoms with Gasteiger partial charge >= 0.3 is 0 Å². The zero-order valence-corrected chi connectivity index (χ0v) is 20.7. The maximum Gasteiger partial charge on any atom is 0.270 e. The van der Waals surface area contributed by atoms with Crippen molar-refractivity contribution in [3.63, 3.8) is 0 Å². The summed E-state index contributed by atoms with van der Waals surface area (Å²) in [4.78, 5) is 33.8. The van der Waals surface area contributed by atoms with Gasteiger partial charge in [-0.05, 0) is 30.3 Å². The largest absolute Gasteiger partial charge is 0.497 e. The highest BCUT2D eigenvalue weighted by molar-refractivity contribution is 5.80. The fourth-order valence-corrected chi connectivity index (χ4v) is 4.69. The standard InChI is InChI=1S/C27H27N5O5/c1-36-21-7-5-6-19(16-21)31-26(28-23-11-10-20(32(34)35)17-22(23)27(31)33)18-29-12-14-30(15-13-29)24-8-3-4-9-25(24)37-2/h3-11,16-17H,12-15,18H2,1-2H3. The van der Waals surface area contributed by atoms with E-state index in [0.717, 1.165) is 37.6 Å². The Morgan fingerprint density at radius 3 is 2.46 bits per heavy atom. The lowest BCUT2D eigenvalue weighted by Crippen LogP contribution is -2.46. The Hall–Kier alpha value is -4.44. The number of nitrogens with zero attached hydrogens (tertiary/aromatic N) is 5. The zero-order valence-electron chi connectivity index (χ0n) is 20.7. The van der Waals surface area contributed by atoms with Crippen molar-refractivity contribution in [2.75, 3.05) is 45.3 Å². The molecule has 5 rings (SSSR count). The summed E-state index contributed by atoms with van der Waals surface area (Å²) in [6, 6.07) is 19.3. The van der Waals surface area contributed by atoms with E-state index in [1.54, 1.807) is 38.5 Å². The molecule has 0 unspecified atom stereocenters. The van der Waals surface area contributed by atoms with Gasteiger partial charge in [-0.15, -0.1) is 0 Å². The summed E-state index contributed by atoms with van der Waals surface area (Å²) < 4.78 is 12.4. The van der Waals surface area contributed by atoms with Crippen LogP contribution in [0.25, 0.3) is 16.6 Å². The molecule has 37 heavy (non-hydrogen) atoms. The number of benzene rings is 3. The highest BCUT2D eigenvalue weighted by atomic mass is 16.6. The molecule has 0 N–H and O–H groups in total. The summed E-state index contributed by atoms with van der Waals surface area (Å²) >= 11 is 0. The maximum absolute atomic E-state index is 13.7. The van der Waals surface area contributed by atoms with Crippen molar-refractivity contribution >= 4 is 22.3 Å². The van der Waals surface area contributed by atoms with Crippen LogP contribution in [0.1, 0.15) is 5.82 Å². The van der Waals surface area contributed by atoms with Crippen molar-refractivity contribution in [2.24, 2.45) is 0 Å². The summed E-state index contributed by atoms with van der Waals surface area (Å²) in [7, 11) is 3.24. The summed E-state index contributed by atoms with van der Waals surface area (Å²) in [6.07, 6.45) is 0. The fraction of sp³-hybridized carbons (Fsp3) is 0.259. The molecule has 0 bridgehead atoms. The van der Waals surface area contributed by atoms with Gasteiger partial charge in [0.2, 0.25) is 0 Å². The normalized spacial score (nSPS) is 14.1. The Labute approximate surface area is 213 Å². The van der Waals surface area contributed by atoms with Gasteiger partial charge in [0.15, 0.2) is 0 Å². The van der Waals surface area contributed by atoms with Crippen LogP contribution in [0.4, 0.5) is 11.4 Å². The van der Waals surface area contributed by atoms with Gasteiger partial charge in [-0.1, -0.05) is 18.2 Å². The predicted octanol–water partition coefficient (Wildman–Crippen LogP) is 3.63. The Balaban J connectivity index is 1.49. The third-order valence-corrected chi connectivity index (χ3v) is 6.61. The van der Waals surface area contributed by atoms with Crippen molar-refractivity contribution in [1.82, 2.24) is 14.5 Å². The molecule has 4 aromatic rings. The van der Waals surface area contributed by atoms with Crippen molar-refractivity contribution < 1.29 is 14.4 Å². The molecule has 0 spiro atoms. The number of non-ortho nitro benzene ring substituents is 1. The number of fused-ring (bicyclic) bond motifs is 1. The number of nitro benzene ring substituents is 1. The number of aromatic nitrogens is 2. The molecule has 1 fully saturated rings. The van der Waals surface area contributed by atoms with Crippen LogP contribution in [-0.4, -0.2) is 59.8 Å². The summed E-state index contributed by atoms with van der Waals surface area (Å²) in [5, 5.41) is 11.5. The van der Waals surface area contributed by atoms with Crippen molar-refractivity contribution in [3.8, 4) is 17.2 Å². The second kappa shape index (κ2) is 10.3. The van der Waals surface area contributed by atoms with Crippen LogP contribution in [0.2, 0.25) is 0 Å². The number of rotatable bonds is 7. The first-order valence-electron chi connectivity index (χ1n) is 11.9. The van der Waals surface area contributed by atoms with Crippen LogP contribution < -0.4 is 19.9 Å².